The summed E-state index contributed by atoms with van der Waals surface area (Å²) in [6.07, 6.45) is 2.61. The molecule has 14 heteroatoms. The number of pyridine rings is 2. The van der Waals surface area contributed by atoms with Crippen molar-refractivity contribution in [3.63, 3.8) is 0 Å². The van der Waals surface area contributed by atoms with Gasteiger partial charge in [-0.1, -0.05) is 11.2 Å². The Morgan fingerprint density at radius 3 is 2.60 bits per heavy atom. The van der Waals surface area contributed by atoms with Gasteiger partial charge in [0.1, 0.15) is 18.1 Å². The smallest absolute Gasteiger partial charge is 0.332 e. The fourth-order valence-corrected chi connectivity index (χ4v) is 4.40. The number of imidazole rings is 1. The molecule has 0 bridgehead atoms. The Labute approximate surface area is 224 Å². The van der Waals surface area contributed by atoms with E-state index in [4.69, 9.17) is 4.52 Å². The highest BCUT2D eigenvalue weighted by Gasteiger charge is 2.28. The Kier molecular flexibility index (Phi) is 6.61. The lowest BCUT2D eigenvalue weighted by Gasteiger charge is -2.13. The van der Waals surface area contributed by atoms with Gasteiger partial charge in [-0.05, 0) is 37.6 Å². The molecular weight excluding hydrogens is 526 g/mol. The summed E-state index contributed by atoms with van der Waals surface area (Å²) in [5.41, 5.74) is 0.475. The molecule has 0 aliphatic carbocycles. The zero-order chi connectivity index (χ0) is 28.8. The summed E-state index contributed by atoms with van der Waals surface area (Å²) in [7, 11) is 1.48. The van der Waals surface area contributed by atoms with Crippen LogP contribution in [-0.4, -0.2) is 39.7 Å². The Hall–Kier alpha value is -5.01. The van der Waals surface area contributed by atoms with Crippen LogP contribution in [0, 0.1) is 13.8 Å². The first-order valence-corrected chi connectivity index (χ1v) is 12.1. The first-order valence-electron chi connectivity index (χ1n) is 12.1. The average molecular weight is 551 g/mol. The molecule has 0 aliphatic heterocycles. The van der Waals surface area contributed by atoms with Crippen LogP contribution in [0.1, 0.15) is 29.6 Å². The summed E-state index contributed by atoms with van der Waals surface area (Å²) in [4.78, 5) is 51.5. The Balaban J connectivity index is 1.40. The summed E-state index contributed by atoms with van der Waals surface area (Å²) in [5.74, 6) is -3.05. The normalized spacial score (nSPS) is 11.8. The van der Waals surface area contributed by atoms with Crippen LogP contribution in [0.25, 0.3) is 22.4 Å². The molecule has 0 aromatic carbocycles. The number of hydrogen-bond donors (Lipinski definition) is 1. The van der Waals surface area contributed by atoms with E-state index in [0.717, 1.165) is 11.5 Å². The lowest BCUT2D eigenvalue weighted by Crippen LogP contribution is -2.40. The molecule has 0 fully saturated rings. The maximum Gasteiger partial charge on any atom is 0.332 e. The second kappa shape index (κ2) is 9.94. The molecular formula is C26H24F2N8O4. The van der Waals surface area contributed by atoms with Gasteiger partial charge in [0.05, 0.1) is 24.3 Å². The van der Waals surface area contributed by atoms with Gasteiger partial charge >= 0.3 is 5.69 Å². The first kappa shape index (κ1) is 26.6. The monoisotopic (exact) mass is 550 g/mol. The SMILES string of the molecule is Cc1cc(Cn2c(=O)c3c(ncn3CC(=O)Nc3cccc(-c4cnc(C(C)(F)F)c(C)c4)n3)n(C)c2=O)on1. The van der Waals surface area contributed by atoms with Gasteiger partial charge in [-0.3, -0.25) is 23.7 Å². The van der Waals surface area contributed by atoms with Crippen molar-refractivity contribution in [2.24, 2.45) is 7.05 Å². The number of carbonyl (C=O) groups is 1. The standard InChI is InChI=1S/C26H24F2N8O4/c1-14-8-16(10-29-22(14)26(3,27)28)18-6-5-7-19(31-18)32-20(37)12-35-13-30-23-21(35)24(38)36(25(39)34(23)4)11-17-9-15(2)33-40-17/h5-10,13H,11-12H2,1-4H3,(H,31,32,37). The Morgan fingerprint density at radius 2 is 1.93 bits per heavy atom. The third-order valence-corrected chi connectivity index (χ3v) is 6.21. The number of hydrogen-bond acceptors (Lipinski definition) is 8. The van der Waals surface area contributed by atoms with Crippen molar-refractivity contribution in [1.82, 2.24) is 33.8 Å². The molecule has 0 unspecified atom stereocenters. The lowest BCUT2D eigenvalue weighted by atomic mass is 10.1. The molecule has 206 valence electrons. The molecule has 0 atom stereocenters. The van der Waals surface area contributed by atoms with Gasteiger partial charge in [0.25, 0.3) is 11.5 Å². The number of fused-ring (bicyclic) bond motifs is 1. The van der Waals surface area contributed by atoms with Crippen molar-refractivity contribution in [2.75, 3.05) is 5.32 Å². The Morgan fingerprint density at radius 1 is 1.15 bits per heavy atom. The van der Waals surface area contributed by atoms with Crippen molar-refractivity contribution < 1.29 is 18.1 Å². The molecule has 1 N–H and O–H groups in total. The van der Waals surface area contributed by atoms with E-state index in [1.165, 1.54) is 28.7 Å². The van der Waals surface area contributed by atoms with Crippen LogP contribution in [0.4, 0.5) is 14.6 Å². The molecule has 0 saturated carbocycles. The van der Waals surface area contributed by atoms with Crippen LogP contribution < -0.4 is 16.6 Å². The third-order valence-electron chi connectivity index (χ3n) is 6.21. The van der Waals surface area contributed by atoms with Crippen LogP contribution in [-0.2, 0) is 30.9 Å². The van der Waals surface area contributed by atoms with Gasteiger partial charge < -0.3 is 14.4 Å². The number of halogens is 2. The quantitative estimate of drug-likeness (QED) is 0.326. The van der Waals surface area contributed by atoms with E-state index in [9.17, 15) is 23.2 Å². The van der Waals surface area contributed by atoms with Crippen LogP contribution in [0.2, 0.25) is 0 Å². The van der Waals surface area contributed by atoms with E-state index in [2.05, 4.69) is 25.4 Å². The number of anilines is 1. The maximum absolute atomic E-state index is 13.7. The topological polar surface area (TPSA) is 143 Å². The Bertz CT molecular complexity index is 1880. The minimum absolute atomic E-state index is 0.0598. The molecule has 40 heavy (non-hydrogen) atoms. The molecule has 5 aromatic rings. The number of aryl methyl sites for hydroxylation is 3. The highest BCUT2D eigenvalue weighted by atomic mass is 19.3. The van der Waals surface area contributed by atoms with E-state index in [1.54, 1.807) is 44.2 Å². The number of carbonyl (C=O) groups excluding carboxylic acids is 1. The minimum Gasteiger partial charge on any atom is -0.359 e. The zero-order valence-electron chi connectivity index (χ0n) is 22.0. The largest absolute Gasteiger partial charge is 0.359 e. The zero-order valence-corrected chi connectivity index (χ0v) is 22.0. The summed E-state index contributed by atoms with van der Waals surface area (Å²) in [5, 5.41) is 6.45. The van der Waals surface area contributed by atoms with Crippen molar-refractivity contribution in [3.8, 4) is 11.3 Å². The third kappa shape index (κ3) is 5.02. The summed E-state index contributed by atoms with van der Waals surface area (Å²) in [6, 6.07) is 8.06. The highest BCUT2D eigenvalue weighted by molar-refractivity contribution is 5.90. The number of alkyl halides is 2. The molecule has 0 spiro atoms. The average Bonchev–Trinajstić information content (AvgIpc) is 3.50. The molecule has 0 radical (unpaired) electrons. The molecule has 5 rings (SSSR count). The summed E-state index contributed by atoms with van der Waals surface area (Å²) >= 11 is 0. The molecule has 0 saturated heterocycles. The fourth-order valence-electron chi connectivity index (χ4n) is 4.40. The van der Waals surface area contributed by atoms with Gasteiger partial charge in [0.2, 0.25) is 5.91 Å². The second-order valence-electron chi connectivity index (χ2n) is 9.45. The van der Waals surface area contributed by atoms with E-state index < -0.39 is 23.1 Å². The molecule has 5 heterocycles. The van der Waals surface area contributed by atoms with E-state index in [-0.39, 0.29) is 35.8 Å². The van der Waals surface area contributed by atoms with Crippen LogP contribution in [0.3, 0.4) is 0 Å². The molecule has 12 nitrogen and oxygen atoms in total. The van der Waals surface area contributed by atoms with Gasteiger partial charge in [0.15, 0.2) is 16.9 Å². The molecule has 1 amide bonds. The number of amides is 1. The van der Waals surface area contributed by atoms with Crippen LogP contribution in [0.5, 0.6) is 0 Å². The van der Waals surface area contributed by atoms with Gasteiger partial charge in [-0.15, -0.1) is 0 Å². The van der Waals surface area contributed by atoms with Crippen molar-refractivity contribution in [3.05, 3.63) is 86.4 Å². The minimum atomic E-state index is -3.08. The molecule has 5 aromatic heterocycles. The summed E-state index contributed by atoms with van der Waals surface area (Å²) < 4.78 is 36.1. The van der Waals surface area contributed by atoms with Crippen molar-refractivity contribution >= 4 is 22.9 Å². The lowest BCUT2D eigenvalue weighted by molar-refractivity contribution is -0.116. The predicted molar refractivity (Wildman–Crippen MR) is 140 cm³/mol. The van der Waals surface area contributed by atoms with Gasteiger partial charge in [0, 0.05) is 31.8 Å². The number of rotatable bonds is 7. The van der Waals surface area contributed by atoms with Gasteiger partial charge in [-0.2, -0.15) is 8.78 Å². The predicted octanol–water partition coefficient (Wildman–Crippen LogP) is 2.76. The van der Waals surface area contributed by atoms with E-state index in [1.807, 2.05) is 0 Å². The van der Waals surface area contributed by atoms with Crippen molar-refractivity contribution in [1.29, 1.82) is 0 Å². The second-order valence-corrected chi connectivity index (χ2v) is 9.45. The van der Waals surface area contributed by atoms with Crippen LogP contribution >= 0.6 is 0 Å². The summed E-state index contributed by atoms with van der Waals surface area (Å²) in [6.45, 7) is 3.61. The number of nitrogens with one attached hydrogen (secondary N) is 1. The molecule has 0 aliphatic rings. The fraction of sp³-hybridized carbons (Fsp3) is 0.269. The number of aromatic nitrogens is 7. The highest BCUT2D eigenvalue weighted by Crippen LogP contribution is 2.30. The van der Waals surface area contributed by atoms with Crippen LogP contribution in [0.15, 0.2) is 57.0 Å². The van der Waals surface area contributed by atoms with Crippen molar-refractivity contribution in [2.45, 2.75) is 39.8 Å². The van der Waals surface area contributed by atoms with E-state index in [0.29, 0.717) is 28.3 Å². The maximum atomic E-state index is 13.7. The van der Waals surface area contributed by atoms with Gasteiger partial charge in [-0.25, -0.2) is 14.8 Å². The van der Waals surface area contributed by atoms with E-state index >= 15 is 0 Å². The number of nitrogens with zero attached hydrogens (tertiary/aromatic N) is 7. The first-order chi connectivity index (χ1) is 18.9.